The molecule has 9 aromatic carbocycles. The Labute approximate surface area is 365 Å². The lowest BCUT2D eigenvalue weighted by molar-refractivity contribution is 1.09. The lowest BCUT2D eigenvalue weighted by Gasteiger charge is -2.16. The zero-order valence-corrected chi connectivity index (χ0v) is 34.6. The Hall–Kier alpha value is -8.40. The molecule has 0 fully saturated rings. The molecule has 0 spiro atoms. The molecule has 12 rings (SSSR count). The molecular formula is C60H41N3. The summed E-state index contributed by atoms with van der Waals surface area (Å²) < 4.78 is 7.15. The summed E-state index contributed by atoms with van der Waals surface area (Å²) in [5.41, 5.74) is 13.4. The van der Waals surface area contributed by atoms with Gasteiger partial charge in [-0.2, -0.15) is 0 Å². The monoisotopic (exact) mass is 803 g/mol. The van der Waals surface area contributed by atoms with E-state index < -0.39 is 0 Å². The number of benzene rings is 9. The fourth-order valence-corrected chi connectivity index (χ4v) is 10.1. The van der Waals surface area contributed by atoms with Gasteiger partial charge in [-0.25, -0.2) is 0 Å². The highest BCUT2D eigenvalue weighted by Gasteiger charge is 2.19. The molecule has 0 aliphatic rings. The Kier molecular flexibility index (Phi) is 8.48. The van der Waals surface area contributed by atoms with Crippen LogP contribution in [0.5, 0.6) is 0 Å². The Morgan fingerprint density at radius 1 is 0.270 bits per heavy atom. The molecule has 0 atom stereocenters. The van der Waals surface area contributed by atoms with Gasteiger partial charge in [-0.05, 0) is 118 Å². The highest BCUT2D eigenvalue weighted by molar-refractivity contribution is 6.17. The van der Waals surface area contributed by atoms with E-state index in [0.717, 1.165) is 66.4 Å². The van der Waals surface area contributed by atoms with Crippen LogP contribution in [0.4, 0.5) is 0 Å². The maximum Gasteiger partial charge on any atom is 0.0542 e. The number of aromatic nitrogens is 3. The normalized spacial score (nSPS) is 11.6. The molecule has 0 amide bonds. The largest absolute Gasteiger partial charge is 0.309 e. The van der Waals surface area contributed by atoms with Crippen LogP contribution in [-0.4, -0.2) is 13.7 Å². The predicted molar refractivity (Wildman–Crippen MR) is 270 cm³/mol. The van der Waals surface area contributed by atoms with Gasteiger partial charge in [0.1, 0.15) is 0 Å². The van der Waals surface area contributed by atoms with E-state index in [1.54, 1.807) is 0 Å². The predicted octanol–water partition coefficient (Wildman–Crippen LogP) is 16.2. The maximum atomic E-state index is 4.46. The molecule has 296 valence electrons. The summed E-state index contributed by atoms with van der Waals surface area (Å²) in [7, 11) is 0. The van der Waals surface area contributed by atoms with Crippen molar-refractivity contribution in [3.05, 3.63) is 237 Å². The van der Waals surface area contributed by atoms with E-state index in [-0.39, 0.29) is 0 Å². The number of hydrogen-bond donors (Lipinski definition) is 0. The number of para-hydroxylation sites is 4. The molecule has 0 aliphatic heterocycles. The van der Waals surface area contributed by atoms with Crippen molar-refractivity contribution >= 4 is 88.2 Å². The van der Waals surface area contributed by atoms with Crippen molar-refractivity contribution in [1.29, 1.82) is 0 Å². The third-order valence-electron chi connectivity index (χ3n) is 12.8. The van der Waals surface area contributed by atoms with Crippen LogP contribution in [-0.2, 0) is 0 Å². The summed E-state index contributed by atoms with van der Waals surface area (Å²) in [6.07, 6.45) is 3.97. The molecule has 0 aliphatic carbocycles. The van der Waals surface area contributed by atoms with Crippen LogP contribution in [0.3, 0.4) is 0 Å². The second-order valence-electron chi connectivity index (χ2n) is 16.2. The average molecular weight is 804 g/mol. The Balaban J connectivity index is 1.16. The van der Waals surface area contributed by atoms with Gasteiger partial charge in [-0.3, -0.25) is 0 Å². The summed E-state index contributed by atoms with van der Waals surface area (Å²) in [6, 6.07) is 77.0. The fraction of sp³-hybridized carbons (Fsp3) is 0. The fourth-order valence-electron chi connectivity index (χ4n) is 10.1. The number of hydrogen-bond acceptors (Lipinski definition) is 0. The highest BCUT2D eigenvalue weighted by atomic mass is 15.0. The Bertz CT molecular complexity index is 3880. The molecule has 3 heterocycles. The molecule has 3 nitrogen and oxygen atoms in total. The highest BCUT2D eigenvalue weighted by Crippen LogP contribution is 2.40. The van der Waals surface area contributed by atoms with E-state index in [9.17, 15) is 0 Å². The van der Waals surface area contributed by atoms with Crippen molar-refractivity contribution in [3.63, 3.8) is 0 Å². The molecule has 3 aromatic heterocycles. The van der Waals surface area contributed by atoms with Gasteiger partial charge in [0.25, 0.3) is 0 Å². The van der Waals surface area contributed by atoms with E-state index in [4.69, 9.17) is 0 Å². The van der Waals surface area contributed by atoms with E-state index in [2.05, 4.69) is 239 Å². The molecule has 3 heteroatoms. The molecular weight excluding hydrogens is 763 g/mol. The minimum absolute atomic E-state index is 0.965. The molecule has 0 unspecified atom stereocenters. The molecule has 63 heavy (non-hydrogen) atoms. The van der Waals surface area contributed by atoms with Crippen LogP contribution in [0.15, 0.2) is 225 Å². The van der Waals surface area contributed by atoms with Crippen molar-refractivity contribution in [3.8, 4) is 28.2 Å². The standard InChI is InChI=1S/C60H41N3/c1-3-45-46-23-11-12-24-47(46)48-25-13-14-26-49(48)50-27-15-17-29-56(50)63(55(45)4-2)44-33-36-60-54(39-44)53-38-41(32-35-59(53)62(60)43-21-9-6-10-22-43)40-31-34-58-52(37-40)51-28-16-18-30-57(51)61(58)42-19-7-5-8-20-42/h3-39H,1-2H2. The first-order valence-corrected chi connectivity index (χ1v) is 21.5. The zero-order valence-electron chi connectivity index (χ0n) is 34.6. The third-order valence-corrected chi connectivity index (χ3v) is 12.8. The second-order valence-corrected chi connectivity index (χ2v) is 16.2. The first kappa shape index (κ1) is 36.5. The lowest BCUT2D eigenvalue weighted by atomic mass is 10.0. The summed E-state index contributed by atoms with van der Waals surface area (Å²) in [5.74, 6) is 0. The molecule has 0 N–H and O–H groups in total. The average Bonchev–Trinajstić information content (AvgIpc) is 3.87. The first-order valence-electron chi connectivity index (χ1n) is 21.5. The number of fused-ring (bicyclic) bond motifs is 11. The van der Waals surface area contributed by atoms with E-state index >= 15 is 0 Å². The lowest BCUT2D eigenvalue weighted by Crippen LogP contribution is -2.02. The second kappa shape index (κ2) is 14.7. The van der Waals surface area contributed by atoms with Crippen LogP contribution >= 0.6 is 0 Å². The van der Waals surface area contributed by atoms with Crippen LogP contribution in [0.25, 0.3) is 116 Å². The minimum atomic E-state index is 0.965. The van der Waals surface area contributed by atoms with Crippen molar-refractivity contribution in [1.82, 2.24) is 13.7 Å². The number of nitrogens with zero attached hydrogens (tertiary/aromatic N) is 3. The molecule has 0 saturated heterocycles. The van der Waals surface area contributed by atoms with Crippen molar-refractivity contribution < 1.29 is 0 Å². The van der Waals surface area contributed by atoms with Crippen molar-refractivity contribution in [2.75, 3.05) is 0 Å². The van der Waals surface area contributed by atoms with Gasteiger partial charge >= 0.3 is 0 Å². The minimum Gasteiger partial charge on any atom is -0.309 e. The van der Waals surface area contributed by atoms with Gasteiger partial charge in [0.15, 0.2) is 0 Å². The maximum absolute atomic E-state index is 4.46. The summed E-state index contributed by atoms with van der Waals surface area (Å²) in [6.45, 7) is 8.87. The van der Waals surface area contributed by atoms with Crippen LogP contribution in [0.2, 0.25) is 0 Å². The van der Waals surface area contributed by atoms with Gasteiger partial charge in [0, 0.05) is 49.6 Å². The van der Waals surface area contributed by atoms with Crippen molar-refractivity contribution in [2.24, 2.45) is 0 Å². The van der Waals surface area contributed by atoms with Gasteiger partial charge < -0.3 is 13.7 Å². The molecule has 0 saturated carbocycles. The smallest absolute Gasteiger partial charge is 0.0542 e. The molecule has 0 radical (unpaired) electrons. The van der Waals surface area contributed by atoms with Crippen molar-refractivity contribution in [2.45, 2.75) is 0 Å². The quantitative estimate of drug-likeness (QED) is 0.159. The SMILES string of the molecule is C=Cc1c(C=C)n(-c2ccc3c(c2)c2cc(-c4ccc5c(c4)c4ccccc4n5-c4ccccc4)ccc2n3-c2ccccc2)c2ccccc2c2ccccc2c2ccccc12. The Morgan fingerprint density at radius 3 is 1.19 bits per heavy atom. The van der Waals surface area contributed by atoms with Crippen LogP contribution in [0.1, 0.15) is 11.3 Å². The summed E-state index contributed by atoms with van der Waals surface area (Å²) in [4.78, 5) is 0. The van der Waals surface area contributed by atoms with E-state index in [1.807, 2.05) is 12.2 Å². The van der Waals surface area contributed by atoms with Crippen LogP contribution < -0.4 is 0 Å². The zero-order chi connectivity index (χ0) is 42.0. The number of rotatable bonds is 6. The van der Waals surface area contributed by atoms with Crippen LogP contribution in [0, 0.1) is 0 Å². The summed E-state index contributed by atoms with van der Waals surface area (Å²) in [5, 5.41) is 10.6. The topological polar surface area (TPSA) is 14.8 Å². The van der Waals surface area contributed by atoms with Gasteiger partial charge in [-0.15, -0.1) is 0 Å². The van der Waals surface area contributed by atoms with Gasteiger partial charge in [0.05, 0.1) is 33.3 Å². The molecule has 0 bridgehead atoms. The Morgan fingerprint density at radius 2 is 0.651 bits per heavy atom. The van der Waals surface area contributed by atoms with Gasteiger partial charge in [0.2, 0.25) is 0 Å². The first-order chi connectivity index (χ1) is 31.2. The van der Waals surface area contributed by atoms with E-state index in [1.165, 1.54) is 49.1 Å². The third kappa shape index (κ3) is 5.67. The van der Waals surface area contributed by atoms with Gasteiger partial charge in [-0.1, -0.05) is 153 Å². The summed E-state index contributed by atoms with van der Waals surface area (Å²) >= 11 is 0. The van der Waals surface area contributed by atoms with E-state index in [0.29, 0.717) is 0 Å². The molecule has 12 aromatic rings.